The van der Waals surface area contributed by atoms with Crippen molar-refractivity contribution in [1.29, 1.82) is 0 Å². The van der Waals surface area contributed by atoms with Crippen molar-refractivity contribution < 1.29 is 49.3 Å². The molecule has 558 valence electrons. The van der Waals surface area contributed by atoms with Crippen LogP contribution in [0.1, 0.15) is 412 Å². The summed E-state index contributed by atoms with van der Waals surface area (Å²) < 4.78 is 16.8. The molecule has 0 radical (unpaired) electrons. The number of carbonyl (C=O) groups excluding carboxylic acids is 2. The fourth-order valence-electron chi connectivity index (χ4n) is 13.2. The predicted octanol–water partition coefficient (Wildman–Crippen LogP) is 22.6. The maximum absolute atomic E-state index is 13.0. The van der Waals surface area contributed by atoms with Gasteiger partial charge in [-0.05, 0) is 89.9 Å². The highest BCUT2D eigenvalue weighted by Crippen LogP contribution is 2.24. The van der Waals surface area contributed by atoms with Crippen molar-refractivity contribution in [1.82, 2.24) is 5.32 Å². The Kier molecular flexibility index (Phi) is 69.5. The summed E-state index contributed by atoms with van der Waals surface area (Å²) in [5, 5.41) is 54.4. The van der Waals surface area contributed by atoms with Crippen LogP contribution in [0, 0.1) is 0 Å². The molecule has 0 aromatic rings. The van der Waals surface area contributed by atoms with Crippen molar-refractivity contribution >= 4 is 11.9 Å². The lowest BCUT2D eigenvalue weighted by Crippen LogP contribution is -2.60. The Hall–Kier alpha value is -2.38. The van der Waals surface area contributed by atoms with Gasteiger partial charge in [0.15, 0.2) is 6.29 Å². The van der Waals surface area contributed by atoms with Gasteiger partial charge >= 0.3 is 5.97 Å². The Bertz CT molecular complexity index is 1720. The largest absolute Gasteiger partial charge is 0.466 e. The minimum absolute atomic E-state index is 0.0147. The van der Waals surface area contributed by atoms with E-state index in [2.05, 4.69) is 55.6 Å². The molecule has 11 nitrogen and oxygen atoms in total. The molecule has 6 N–H and O–H groups in total. The zero-order chi connectivity index (χ0) is 68.6. The van der Waals surface area contributed by atoms with Gasteiger partial charge in [0.25, 0.3) is 0 Å². The lowest BCUT2D eigenvalue weighted by atomic mass is 9.99. The maximum atomic E-state index is 13.0. The predicted molar refractivity (Wildman–Crippen MR) is 403 cm³/mol. The number of rotatable bonds is 74. The van der Waals surface area contributed by atoms with Gasteiger partial charge in [-0.25, -0.2) is 0 Å². The van der Waals surface area contributed by atoms with Gasteiger partial charge in [0.2, 0.25) is 5.91 Å². The second kappa shape index (κ2) is 72.9. The number of carbonyl (C=O) groups is 2. The molecule has 1 fully saturated rings. The van der Waals surface area contributed by atoms with Gasteiger partial charge in [-0.2, -0.15) is 0 Å². The molecule has 7 atom stereocenters. The van der Waals surface area contributed by atoms with E-state index in [1.54, 1.807) is 6.08 Å². The highest BCUT2D eigenvalue weighted by molar-refractivity contribution is 5.76. The number of amides is 1. The van der Waals surface area contributed by atoms with Crippen LogP contribution >= 0.6 is 0 Å². The first-order valence-corrected chi connectivity index (χ1v) is 41.4. The van der Waals surface area contributed by atoms with Crippen molar-refractivity contribution in [3.05, 3.63) is 48.6 Å². The van der Waals surface area contributed by atoms with Crippen molar-refractivity contribution in [2.75, 3.05) is 19.8 Å². The van der Waals surface area contributed by atoms with Crippen LogP contribution in [0.15, 0.2) is 48.6 Å². The normalized spacial score (nSPS) is 17.6. The third-order valence-electron chi connectivity index (χ3n) is 19.7. The SMILES string of the molecule is CCCCCCCC/C=C\CCCCCCCCCCCC(=O)OCCCCCCCCCCCCCCCCC/C=C\C/C=C\CCCCCCCCCCCCCCCCCCCC(=O)NC(COC1OC(CO)C(O)C(O)C1O)C(O)/C=C/CCCCCCCCC. The summed E-state index contributed by atoms with van der Waals surface area (Å²) in [5.74, 6) is -0.164. The number of esters is 1. The van der Waals surface area contributed by atoms with Crippen LogP contribution in [-0.2, 0) is 23.8 Å². The summed E-state index contributed by atoms with van der Waals surface area (Å²) >= 11 is 0. The number of aliphatic hydroxyl groups is 5. The lowest BCUT2D eigenvalue weighted by molar-refractivity contribution is -0.302. The minimum Gasteiger partial charge on any atom is -0.466 e. The zero-order valence-electron chi connectivity index (χ0n) is 62.4. The summed E-state index contributed by atoms with van der Waals surface area (Å²) in [5.41, 5.74) is 0. The molecule has 1 saturated heterocycles. The van der Waals surface area contributed by atoms with E-state index in [9.17, 15) is 35.1 Å². The average molecular weight is 1340 g/mol. The molecule has 0 bridgehead atoms. The molecule has 11 heteroatoms. The number of hydrogen-bond acceptors (Lipinski definition) is 10. The Morgan fingerprint density at radius 2 is 0.705 bits per heavy atom. The van der Waals surface area contributed by atoms with Crippen LogP contribution in [0.25, 0.3) is 0 Å². The average Bonchev–Trinajstić information content (AvgIpc) is 0.847. The van der Waals surface area contributed by atoms with E-state index in [-0.39, 0.29) is 18.5 Å². The van der Waals surface area contributed by atoms with Crippen LogP contribution in [0.2, 0.25) is 0 Å². The Morgan fingerprint density at radius 1 is 0.389 bits per heavy atom. The van der Waals surface area contributed by atoms with Crippen LogP contribution < -0.4 is 5.32 Å². The van der Waals surface area contributed by atoms with Crippen molar-refractivity contribution in [2.45, 2.75) is 455 Å². The second-order valence-electron chi connectivity index (χ2n) is 28.8. The van der Waals surface area contributed by atoms with Gasteiger partial charge in [-0.1, -0.05) is 358 Å². The number of nitrogens with one attached hydrogen (secondary N) is 1. The third-order valence-corrected chi connectivity index (χ3v) is 19.7. The molecule has 1 aliphatic heterocycles. The Balaban J connectivity index is 1.84. The van der Waals surface area contributed by atoms with Crippen LogP contribution in [0.3, 0.4) is 0 Å². The van der Waals surface area contributed by atoms with Gasteiger partial charge in [-0.15, -0.1) is 0 Å². The molecule has 7 unspecified atom stereocenters. The molecule has 1 amide bonds. The highest BCUT2D eigenvalue weighted by Gasteiger charge is 2.44. The number of aliphatic hydroxyl groups excluding tert-OH is 5. The van der Waals surface area contributed by atoms with Gasteiger partial charge < -0.3 is 45.1 Å². The first-order valence-electron chi connectivity index (χ1n) is 41.4. The highest BCUT2D eigenvalue weighted by atomic mass is 16.7. The smallest absolute Gasteiger partial charge is 0.305 e. The summed E-state index contributed by atoms with van der Waals surface area (Å²) in [6.07, 6.45) is 87.5. The minimum atomic E-state index is -1.57. The number of allylic oxidation sites excluding steroid dienone is 7. The molecular formula is C84H157NO10. The molecule has 0 spiro atoms. The first kappa shape index (κ1) is 90.6. The summed E-state index contributed by atoms with van der Waals surface area (Å²) in [6.45, 7) is 4.36. The maximum Gasteiger partial charge on any atom is 0.305 e. The molecular weight excluding hydrogens is 1180 g/mol. The van der Waals surface area contributed by atoms with E-state index in [4.69, 9.17) is 14.2 Å². The Labute approximate surface area is 586 Å². The molecule has 0 saturated carbocycles. The van der Waals surface area contributed by atoms with E-state index in [0.29, 0.717) is 19.4 Å². The quantitative estimate of drug-likeness (QED) is 0.0195. The Morgan fingerprint density at radius 3 is 1.07 bits per heavy atom. The number of unbranched alkanes of at least 4 members (excludes halogenated alkanes) is 54. The van der Waals surface area contributed by atoms with Crippen molar-refractivity contribution in [2.24, 2.45) is 0 Å². The standard InChI is InChI=1S/C84H157NO10/c1-3-5-7-9-11-13-14-15-16-17-39-43-46-49-52-56-60-64-68-72-80(89)93-73-69-65-61-57-53-50-47-44-41-38-36-34-32-30-28-26-24-22-20-18-19-21-23-25-27-29-31-33-35-37-40-42-45-48-51-55-59-63-67-71-79(88)85-76(77(87)70-66-62-58-54-12-10-8-6-4-2)75-94-84-83(92)82(91)81(90)78(74-86)95-84/h15-16,18-19,22,24,66,70,76-78,81-84,86-87,90-92H,3-14,17,20-21,23,25-65,67-69,71-75H2,1-2H3,(H,85,88)/b16-15-,19-18-,24-22-,70-66+. The van der Waals surface area contributed by atoms with Crippen molar-refractivity contribution in [3.63, 3.8) is 0 Å². The van der Waals surface area contributed by atoms with Gasteiger partial charge in [-0.3, -0.25) is 9.59 Å². The molecule has 0 aliphatic carbocycles. The van der Waals surface area contributed by atoms with E-state index >= 15 is 0 Å². The van der Waals surface area contributed by atoms with E-state index in [1.807, 2.05) is 6.08 Å². The van der Waals surface area contributed by atoms with Crippen LogP contribution in [0.5, 0.6) is 0 Å². The summed E-state index contributed by atoms with van der Waals surface area (Å²) in [7, 11) is 0. The van der Waals surface area contributed by atoms with Gasteiger partial charge in [0.05, 0.1) is 32.0 Å². The first-order chi connectivity index (χ1) is 46.7. The van der Waals surface area contributed by atoms with E-state index < -0.39 is 49.5 Å². The summed E-state index contributed by atoms with van der Waals surface area (Å²) in [6, 6.07) is -0.807. The van der Waals surface area contributed by atoms with Crippen LogP contribution in [0.4, 0.5) is 0 Å². The fraction of sp³-hybridized carbons (Fsp3) is 0.881. The van der Waals surface area contributed by atoms with E-state index in [1.165, 1.54) is 321 Å². The molecule has 0 aromatic heterocycles. The fourth-order valence-corrected chi connectivity index (χ4v) is 13.2. The topological polar surface area (TPSA) is 175 Å². The summed E-state index contributed by atoms with van der Waals surface area (Å²) in [4.78, 5) is 25.2. The zero-order valence-corrected chi connectivity index (χ0v) is 62.4. The second-order valence-corrected chi connectivity index (χ2v) is 28.8. The van der Waals surface area contributed by atoms with Gasteiger partial charge in [0, 0.05) is 12.8 Å². The third kappa shape index (κ3) is 61.2. The van der Waals surface area contributed by atoms with Gasteiger partial charge in [0.1, 0.15) is 24.4 Å². The number of ether oxygens (including phenoxy) is 3. The number of hydrogen-bond donors (Lipinski definition) is 6. The van der Waals surface area contributed by atoms with Crippen molar-refractivity contribution in [3.8, 4) is 0 Å². The lowest BCUT2D eigenvalue weighted by Gasteiger charge is -2.40. The molecule has 1 heterocycles. The molecule has 1 aliphatic rings. The van der Waals surface area contributed by atoms with E-state index in [0.717, 1.165) is 64.2 Å². The molecule has 0 aromatic carbocycles. The monoisotopic (exact) mass is 1340 g/mol. The molecule has 95 heavy (non-hydrogen) atoms. The molecule has 1 rings (SSSR count). The van der Waals surface area contributed by atoms with Crippen LogP contribution in [-0.4, -0.2) is 100 Å².